The number of fused-ring (bicyclic) bond motifs is 1. The summed E-state index contributed by atoms with van der Waals surface area (Å²) in [6.07, 6.45) is 3.61. The highest BCUT2D eigenvalue weighted by Gasteiger charge is 2.04. The van der Waals surface area contributed by atoms with E-state index in [4.69, 9.17) is 10.9 Å². The molecule has 2 rings (SSSR count). The van der Waals surface area contributed by atoms with Gasteiger partial charge in [0.05, 0.1) is 0 Å². The Balaban J connectivity index is 2.46. The van der Waals surface area contributed by atoms with E-state index in [1.807, 2.05) is 12.1 Å². The van der Waals surface area contributed by atoms with E-state index < -0.39 is 0 Å². The molecular formula is C8H9N5O. The molecule has 6 nitrogen and oxygen atoms in total. The summed E-state index contributed by atoms with van der Waals surface area (Å²) in [6, 6.07) is 3.70. The van der Waals surface area contributed by atoms with Crippen LogP contribution in [0.2, 0.25) is 0 Å². The van der Waals surface area contributed by atoms with Gasteiger partial charge in [0, 0.05) is 18.2 Å². The fraction of sp³-hybridized carbons (Fsp3) is 0.125. The van der Waals surface area contributed by atoms with Gasteiger partial charge in [-0.05, 0) is 6.07 Å². The summed E-state index contributed by atoms with van der Waals surface area (Å²) >= 11 is 0. The molecule has 0 atom stereocenters. The predicted molar refractivity (Wildman–Crippen MR) is 50.1 cm³/mol. The van der Waals surface area contributed by atoms with Crippen molar-refractivity contribution in [2.75, 3.05) is 0 Å². The number of oxime groups is 1. The minimum Gasteiger partial charge on any atom is -0.409 e. The number of rotatable bonds is 2. The molecule has 72 valence electrons. The second kappa shape index (κ2) is 3.33. The Morgan fingerprint density at radius 1 is 1.64 bits per heavy atom. The van der Waals surface area contributed by atoms with Gasteiger partial charge in [0.2, 0.25) is 0 Å². The maximum absolute atomic E-state index is 8.44. The van der Waals surface area contributed by atoms with Crippen LogP contribution < -0.4 is 5.73 Å². The average Bonchev–Trinajstić information content (AvgIpc) is 2.66. The van der Waals surface area contributed by atoms with Gasteiger partial charge in [-0.25, -0.2) is 9.50 Å². The predicted octanol–water partition coefficient (Wildman–Crippen LogP) is 0.0182. The van der Waals surface area contributed by atoms with E-state index in [-0.39, 0.29) is 5.84 Å². The largest absolute Gasteiger partial charge is 0.409 e. The second-order valence-corrected chi connectivity index (χ2v) is 2.83. The number of hydrogen-bond acceptors (Lipinski definition) is 4. The molecule has 2 aromatic rings. The molecule has 0 unspecified atom stereocenters. The van der Waals surface area contributed by atoms with Crippen molar-refractivity contribution in [1.29, 1.82) is 0 Å². The van der Waals surface area contributed by atoms with E-state index >= 15 is 0 Å². The SMILES string of the molecule is N/C(Cc1cccn2ncnc12)=N\O. The molecule has 2 aromatic heterocycles. The van der Waals surface area contributed by atoms with Crippen LogP contribution in [0.15, 0.2) is 29.8 Å². The molecule has 0 saturated carbocycles. The summed E-state index contributed by atoms with van der Waals surface area (Å²) in [6.45, 7) is 0. The third-order valence-electron chi connectivity index (χ3n) is 1.88. The molecule has 0 aliphatic carbocycles. The van der Waals surface area contributed by atoms with E-state index in [0.717, 1.165) is 11.2 Å². The number of aromatic nitrogens is 3. The van der Waals surface area contributed by atoms with Gasteiger partial charge in [0.15, 0.2) is 5.65 Å². The van der Waals surface area contributed by atoms with Crippen LogP contribution in [0.3, 0.4) is 0 Å². The van der Waals surface area contributed by atoms with Gasteiger partial charge in [-0.3, -0.25) is 0 Å². The van der Waals surface area contributed by atoms with Crippen LogP contribution in [0, 0.1) is 0 Å². The first kappa shape index (κ1) is 8.49. The molecule has 0 aliphatic heterocycles. The molecule has 14 heavy (non-hydrogen) atoms. The average molecular weight is 191 g/mol. The number of nitrogens with zero attached hydrogens (tertiary/aromatic N) is 4. The Hall–Kier alpha value is -2.11. The summed E-state index contributed by atoms with van der Waals surface area (Å²) in [5, 5.41) is 15.3. The lowest BCUT2D eigenvalue weighted by atomic mass is 10.2. The Bertz CT molecular complexity index is 475. The Kier molecular flexibility index (Phi) is 2.02. The van der Waals surface area contributed by atoms with Crippen LogP contribution in [0.5, 0.6) is 0 Å². The molecule has 3 N–H and O–H groups in total. The summed E-state index contributed by atoms with van der Waals surface area (Å²) in [7, 11) is 0. The lowest BCUT2D eigenvalue weighted by Gasteiger charge is -2.00. The topological polar surface area (TPSA) is 88.8 Å². The van der Waals surface area contributed by atoms with Gasteiger partial charge in [0.25, 0.3) is 0 Å². The standard InChI is InChI=1S/C8H9N5O/c9-7(12-14)4-6-2-1-3-13-8(6)10-5-11-13/h1-3,5,14H,4H2,(H2,9,12). The number of hydrogen-bond donors (Lipinski definition) is 2. The summed E-state index contributed by atoms with van der Waals surface area (Å²) in [5.41, 5.74) is 7.00. The van der Waals surface area contributed by atoms with Gasteiger partial charge in [-0.15, -0.1) is 0 Å². The molecule has 0 saturated heterocycles. The van der Waals surface area contributed by atoms with Crippen LogP contribution in [0.4, 0.5) is 0 Å². The maximum atomic E-state index is 8.44. The molecular weight excluding hydrogens is 182 g/mol. The minimum absolute atomic E-state index is 0.154. The molecule has 2 heterocycles. The number of amidine groups is 1. The van der Waals surface area contributed by atoms with E-state index in [2.05, 4.69) is 15.2 Å². The zero-order valence-electron chi connectivity index (χ0n) is 7.33. The van der Waals surface area contributed by atoms with Gasteiger partial charge in [-0.2, -0.15) is 5.10 Å². The third kappa shape index (κ3) is 1.37. The lowest BCUT2D eigenvalue weighted by molar-refractivity contribution is 0.317. The number of nitrogens with two attached hydrogens (primary N) is 1. The van der Waals surface area contributed by atoms with Crippen molar-refractivity contribution >= 4 is 11.5 Å². The Morgan fingerprint density at radius 3 is 3.29 bits per heavy atom. The van der Waals surface area contributed by atoms with Crippen LogP contribution >= 0.6 is 0 Å². The van der Waals surface area contributed by atoms with Crippen LogP contribution in [0.25, 0.3) is 5.65 Å². The van der Waals surface area contributed by atoms with Crippen molar-refractivity contribution in [3.05, 3.63) is 30.2 Å². The maximum Gasteiger partial charge on any atom is 0.158 e. The fourth-order valence-electron chi connectivity index (χ4n) is 1.27. The molecule has 0 aromatic carbocycles. The molecule has 0 spiro atoms. The second-order valence-electron chi connectivity index (χ2n) is 2.83. The molecule has 0 amide bonds. The van der Waals surface area contributed by atoms with Gasteiger partial charge in [0.1, 0.15) is 12.2 Å². The van der Waals surface area contributed by atoms with Crippen molar-refractivity contribution in [2.45, 2.75) is 6.42 Å². The lowest BCUT2D eigenvalue weighted by Crippen LogP contribution is -2.15. The van der Waals surface area contributed by atoms with E-state index in [1.165, 1.54) is 6.33 Å². The summed E-state index contributed by atoms with van der Waals surface area (Å²) in [5.74, 6) is 0.154. The van der Waals surface area contributed by atoms with Crippen LogP contribution in [-0.4, -0.2) is 25.6 Å². The highest BCUT2D eigenvalue weighted by atomic mass is 16.4. The van der Waals surface area contributed by atoms with Gasteiger partial charge < -0.3 is 10.9 Å². The van der Waals surface area contributed by atoms with E-state index in [9.17, 15) is 0 Å². The molecule has 0 bridgehead atoms. The molecule has 6 heteroatoms. The van der Waals surface area contributed by atoms with Crippen LogP contribution in [0.1, 0.15) is 5.56 Å². The third-order valence-corrected chi connectivity index (χ3v) is 1.88. The van der Waals surface area contributed by atoms with Crippen molar-refractivity contribution < 1.29 is 5.21 Å². The van der Waals surface area contributed by atoms with E-state index in [1.54, 1.807) is 10.7 Å². The monoisotopic (exact) mass is 191 g/mol. The van der Waals surface area contributed by atoms with Crippen LogP contribution in [-0.2, 0) is 6.42 Å². The normalized spacial score (nSPS) is 12.1. The first-order chi connectivity index (χ1) is 6.81. The Labute approximate surface area is 79.7 Å². The fourth-order valence-corrected chi connectivity index (χ4v) is 1.27. The summed E-state index contributed by atoms with van der Waals surface area (Å²) < 4.78 is 1.64. The smallest absolute Gasteiger partial charge is 0.158 e. The van der Waals surface area contributed by atoms with Crippen molar-refractivity contribution in [2.24, 2.45) is 10.9 Å². The Morgan fingerprint density at radius 2 is 2.50 bits per heavy atom. The summed E-state index contributed by atoms with van der Waals surface area (Å²) in [4.78, 5) is 4.07. The van der Waals surface area contributed by atoms with Gasteiger partial charge in [-0.1, -0.05) is 11.2 Å². The van der Waals surface area contributed by atoms with Gasteiger partial charge >= 0.3 is 0 Å². The molecule has 0 aliphatic rings. The highest BCUT2D eigenvalue weighted by Crippen LogP contribution is 2.07. The van der Waals surface area contributed by atoms with E-state index in [0.29, 0.717) is 6.42 Å². The van der Waals surface area contributed by atoms with Crippen molar-refractivity contribution in [3.8, 4) is 0 Å². The number of pyridine rings is 1. The zero-order chi connectivity index (χ0) is 9.97. The first-order valence-corrected chi connectivity index (χ1v) is 4.05. The first-order valence-electron chi connectivity index (χ1n) is 4.05. The molecule has 0 radical (unpaired) electrons. The zero-order valence-corrected chi connectivity index (χ0v) is 7.33. The van der Waals surface area contributed by atoms with Crippen molar-refractivity contribution in [3.63, 3.8) is 0 Å². The van der Waals surface area contributed by atoms with Crippen molar-refractivity contribution in [1.82, 2.24) is 14.6 Å². The highest BCUT2D eigenvalue weighted by molar-refractivity contribution is 5.83. The molecule has 0 fully saturated rings. The quantitative estimate of drug-likeness (QED) is 0.303. The minimum atomic E-state index is 0.154.